The second kappa shape index (κ2) is 7.08. The van der Waals surface area contributed by atoms with Crippen LogP contribution in [0.5, 0.6) is 0 Å². The van der Waals surface area contributed by atoms with Gasteiger partial charge in [-0.3, -0.25) is 9.59 Å². The molecule has 6 nitrogen and oxygen atoms in total. The van der Waals surface area contributed by atoms with Crippen molar-refractivity contribution in [2.24, 2.45) is 7.05 Å². The average Bonchev–Trinajstić information content (AvgIpc) is 3.17. The van der Waals surface area contributed by atoms with Gasteiger partial charge in [-0.1, -0.05) is 24.6 Å². The minimum Gasteiger partial charge on any atom is -0.348 e. The number of carbonyl (C=O) groups is 2. The van der Waals surface area contributed by atoms with Crippen molar-refractivity contribution in [3.05, 3.63) is 65.0 Å². The number of carbonyl (C=O) groups excluding carboxylic acids is 2. The molecule has 1 saturated carbocycles. The van der Waals surface area contributed by atoms with E-state index in [1.807, 2.05) is 25.2 Å². The van der Waals surface area contributed by atoms with Gasteiger partial charge in [0.05, 0.1) is 5.41 Å². The monoisotopic (exact) mass is 414 g/mol. The first-order valence-electron chi connectivity index (χ1n) is 10.7. The lowest BCUT2D eigenvalue weighted by molar-refractivity contribution is -0.125. The molecule has 1 N–H and O–H groups in total. The van der Waals surface area contributed by atoms with Crippen LogP contribution < -0.4 is 5.32 Å². The van der Waals surface area contributed by atoms with Gasteiger partial charge >= 0.3 is 0 Å². The SMILES string of the molecule is Cc1c(CN(C)C(=O)C=Cc2cnc3c(c2)C2(CCC2)C(=O)N3)c2ccccc2n1C. The average molecular weight is 415 g/mol. The Morgan fingerprint density at radius 2 is 2.10 bits per heavy atom. The number of fused-ring (bicyclic) bond motifs is 3. The highest BCUT2D eigenvalue weighted by Crippen LogP contribution is 2.50. The van der Waals surface area contributed by atoms with Crippen LogP contribution in [0.2, 0.25) is 0 Å². The van der Waals surface area contributed by atoms with E-state index in [1.165, 1.54) is 10.9 Å². The van der Waals surface area contributed by atoms with Gasteiger partial charge in [0.25, 0.3) is 0 Å². The fourth-order valence-corrected chi connectivity index (χ4v) is 4.82. The number of pyridine rings is 1. The third-order valence-electron chi connectivity index (χ3n) is 7.02. The Kier molecular flexibility index (Phi) is 4.46. The van der Waals surface area contributed by atoms with Crippen LogP contribution in [0.3, 0.4) is 0 Å². The van der Waals surface area contributed by atoms with Crippen molar-refractivity contribution in [2.75, 3.05) is 12.4 Å². The maximum Gasteiger partial charge on any atom is 0.246 e. The van der Waals surface area contributed by atoms with Gasteiger partial charge in [0.2, 0.25) is 11.8 Å². The van der Waals surface area contributed by atoms with Crippen LogP contribution in [0.1, 0.15) is 41.6 Å². The fraction of sp³-hybridized carbons (Fsp3) is 0.320. The molecule has 0 radical (unpaired) electrons. The van der Waals surface area contributed by atoms with E-state index in [0.717, 1.165) is 41.6 Å². The minimum atomic E-state index is -0.404. The molecule has 31 heavy (non-hydrogen) atoms. The molecule has 3 heterocycles. The number of anilines is 1. The number of nitrogens with zero attached hydrogens (tertiary/aromatic N) is 3. The Morgan fingerprint density at radius 3 is 2.84 bits per heavy atom. The van der Waals surface area contributed by atoms with Gasteiger partial charge in [0.15, 0.2) is 0 Å². The first kappa shape index (κ1) is 19.5. The molecule has 0 atom stereocenters. The zero-order chi connectivity index (χ0) is 21.8. The zero-order valence-corrected chi connectivity index (χ0v) is 18.1. The lowest BCUT2D eigenvalue weighted by atomic mass is 9.65. The van der Waals surface area contributed by atoms with E-state index < -0.39 is 5.41 Å². The summed E-state index contributed by atoms with van der Waals surface area (Å²) in [4.78, 5) is 31.3. The molecule has 158 valence electrons. The molecular formula is C25H26N4O2. The number of aryl methyl sites for hydroxylation is 1. The summed E-state index contributed by atoms with van der Waals surface area (Å²) in [6, 6.07) is 10.3. The van der Waals surface area contributed by atoms with Crippen molar-refractivity contribution < 1.29 is 9.59 Å². The molecule has 2 amide bonds. The molecule has 0 unspecified atom stereocenters. The number of amides is 2. The number of rotatable bonds is 4. The number of hydrogen-bond donors (Lipinski definition) is 1. The smallest absolute Gasteiger partial charge is 0.246 e. The van der Waals surface area contributed by atoms with Crippen LogP contribution in [0, 0.1) is 6.92 Å². The first-order valence-corrected chi connectivity index (χ1v) is 10.7. The molecule has 0 saturated heterocycles. The molecule has 2 aromatic heterocycles. The summed E-state index contributed by atoms with van der Waals surface area (Å²) in [5.41, 5.74) is 4.90. The Balaban J connectivity index is 1.35. The summed E-state index contributed by atoms with van der Waals surface area (Å²) < 4.78 is 2.17. The van der Waals surface area contributed by atoms with Crippen LogP contribution in [0.25, 0.3) is 17.0 Å². The highest BCUT2D eigenvalue weighted by Gasteiger charge is 2.51. The maximum atomic E-state index is 12.8. The first-order chi connectivity index (χ1) is 14.9. The van der Waals surface area contributed by atoms with E-state index in [-0.39, 0.29) is 11.8 Å². The number of nitrogens with one attached hydrogen (secondary N) is 1. The minimum absolute atomic E-state index is 0.0589. The van der Waals surface area contributed by atoms with Crippen molar-refractivity contribution in [1.82, 2.24) is 14.5 Å². The number of benzene rings is 1. The second-order valence-electron chi connectivity index (χ2n) is 8.72. The van der Waals surface area contributed by atoms with Crippen LogP contribution in [0.15, 0.2) is 42.6 Å². The Labute approximate surface area is 181 Å². The summed E-state index contributed by atoms with van der Waals surface area (Å²) in [6.07, 6.45) is 7.87. The molecule has 1 fully saturated rings. The lowest BCUT2D eigenvalue weighted by Gasteiger charge is -2.35. The van der Waals surface area contributed by atoms with Crippen molar-refractivity contribution in [3.63, 3.8) is 0 Å². The Bertz CT molecular complexity index is 1250. The highest BCUT2D eigenvalue weighted by molar-refractivity contribution is 6.06. The number of hydrogen-bond acceptors (Lipinski definition) is 3. The summed E-state index contributed by atoms with van der Waals surface area (Å²) in [5, 5.41) is 4.08. The summed E-state index contributed by atoms with van der Waals surface area (Å²) in [7, 11) is 3.87. The van der Waals surface area contributed by atoms with Crippen molar-refractivity contribution in [1.29, 1.82) is 0 Å². The third-order valence-corrected chi connectivity index (χ3v) is 7.02. The molecule has 1 spiro atoms. The van der Waals surface area contributed by atoms with Gasteiger partial charge in [0, 0.05) is 55.1 Å². The molecule has 1 aromatic carbocycles. The zero-order valence-electron chi connectivity index (χ0n) is 18.1. The highest BCUT2D eigenvalue weighted by atomic mass is 16.2. The van der Waals surface area contributed by atoms with E-state index in [9.17, 15) is 9.59 Å². The van der Waals surface area contributed by atoms with Gasteiger partial charge in [-0.05, 0) is 49.1 Å². The molecule has 1 aliphatic heterocycles. The number of likely N-dealkylation sites (N-methyl/N-ethyl adjacent to an activating group) is 1. The predicted octanol–water partition coefficient (Wildman–Crippen LogP) is 3.93. The van der Waals surface area contributed by atoms with Crippen LogP contribution in [-0.2, 0) is 28.6 Å². The van der Waals surface area contributed by atoms with E-state index in [1.54, 1.807) is 23.2 Å². The standard InChI is InChI=1S/C25H26N4O2/c1-16-19(18-7-4-5-8-21(18)29(16)3)15-28(2)22(30)10-9-17-13-20-23(26-14-17)27-24(31)25(20)11-6-12-25/h4-5,7-10,13-14H,6,11-12,15H2,1-3H3,(H,26,27,31). The van der Waals surface area contributed by atoms with Gasteiger partial charge in [-0.25, -0.2) is 4.98 Å². The van der Waals surface area contributed by atoms with Gasteiger partial charge < -0.3 is 14.8 Å². The van der Waals surface area contributed by atoms with Crippen LogP contribution in [0.4, 0.5) is 5.82 Å². The molecule has 6 heteroatoms. The largest absolute Gasteiger partial charge is 0.348 e. The van der Waals surface area contributed by atoms with Crippen LogP contribution in [-0.4, -0.2) is 33.3 Å². The summed E-state index contributed by atoms with van der Waals surface area (Å²) in [6.45, 7) is 2.63. The fourth-order valence-electron chi connectivity index (χ4n) is 4.82. The van der Waals surface area contributed by atoms with Gasteiger partial charge in [0.1, 0.15) is 5.82 Å². The lowest BCUT2D eigenvalue weighted by Crippen LogP contribution is -2.40. The Hall–Kier alpha value is -3.41. The van der Waals surface area contributed by atoms with Crippen molar-refractivity contribution in [3.8, 4) is 0 Å². The van der Waals surface area contributed by atoms with Crippen molar-refractivity contribution in [2.45, 2.75) is 38.1 Å². The van der Waals surface area contributed by atoms with Crippen molar-refractivity contribution >= 4 is 34.6 Å². The normalized spacial score (nSPS) is 16.5. The number of aromatic nitrogens is 2. The molecule has 5 rings (SSSR count). The molecule has 1 aliphatic carbocycles. The second-order valence-corrected chi connectivity index (χ2v) is 8.72. The molecule has 2 aliphatic rings. The Morgan fingerprint density at radius 1 is 1.32 bits per heavy atom. The molecule has 3 aromatic rings. The van der Waals surface area contributed by atoms with Gasteiger partial charge in [-0.2, -0.15) is 0 Å². The predicted molar refractivity (Wildman–Crippen MR) is 122 cm³/mol. The number of para-hydroxylation sites is 1. The third kappa shape index (κ3) is 2.97. The van der Waals surface area contributed by atoms with E-state index >= 15 is 0 Å². The van der Waals surface area contributed by atoms with Crippen LogP contribution >= 0.6 is 0 Å². The molecule has 0 bridgehead atoms. The van der Waals surface area contributed by atoms with E-state index in [4.69, 9.17) is 0 Å². The molecular weight excluding hydrogens is 388 g/mol. The van der Waals surface area contributed by atoms with Gasteiger partial charge in [-0.15, -0.1) is 0 Å². The maximum absolute atomic E-state index is 12.8. The van der Waals surface area contributed by atoms with E-state index in [0.29, 0.717) is 12.4 Å². The van der Waals surface area contributed by atoms with E-state index in [2.05, 4.69) is 41.0 Å². The quantitative estimate of drug-likeness (QED) is 0.658. The topological polar surface area (TPSA) is 67.2 Å². The summed E-state index contributed by atoms with van der Waals surface area (Å²) in [5.74, 6) is 0.653. The summed E-state index contributed by atoms with van der Waals surface area (Å²) >= 11 is 0.